The van der Waals surface area contributed by atoms with Crippen LogP contribution in [0.25, 0.3) is 0 Å². The molecular formula is C9H17F3N2O2S. The van der Waals surface area contributed by atoms with Crippen molar-refractivity contribution in [2.45, 2.75) is 31.1 Å². The SMILES string of the molecule is CN(C1CCS(=O)(=O)C1)C(CCN)C(F)(F)F. The third-order valence-electron chi connectivity index (χ3n) is 3.09. The van der Waals surface area contributed by atoms with Crippen molar-refractivity contribution in [3.05, 3.63) is 0 Å². The summed E-state index contributed by atoms with van der Waals surface area (Å²) in [6, 6.07) is -2.22. The molecule has 17 heavy (non-hydrogen) atoms. The van der Waals surface area contributed by atoms with E-state index >= 15 is 0 Å². The molecule has 2 unspecified atom stereocenters. The first-order valence-corrected chi connectivity index (χ1v) is 7.18. The molecule has 0 aliphatic carbocycles. The van der Waals surface area contributed by atoms with Gasteiger partial charge in [0.05, 0.1) is 11.5 Å². The molecule has 2 atom stereocenters. The molecule has 1 aliphatic rings. The van der Waals surface area contributed by atoms with Gasteiger partial charge in [0.2, 0.25) is 0 Å². The molecule has 1 rings (SSSR count). The van der Waals surface area contributed by atoms with Gasteiger partial charge in [-0.1, -0.05) is 0 Å². The molecule has 8 heteroatoms. The third-order valence-corrected chi connectivity index (χ3v) is 4.84. The Morgan fingerprint density at radius 3 is 2.41 bits per heavy atom. The van der Waals surface area contributed by atoms with Gasteiger partial charge in [-0.3, -0.25) is 4.90 Å². The molecule has 1 heterocycles. The van der Waals surface area contributed by atoms with E-state index < -0.39 is 28.1 Å². The second-order valence-corrected chi connectivity index (χ2v) is 6.59. The van der Waals surface area contributed by atoms with Crippen LogP contribution in [-0.4, -0.2) is 56.7 Å². The second kappa shape index (κ2) is 5.11. The Bertz CT molecular complexity index is 356. The zero-order chi connectivity index (χ0) is 13.3. The van der Waals surface area contributed by atoms with Crippen LogP contribution in [0.4, 0.5) is 13.2 Å². The lowest BCUT2D eigenvalue weighted by Gasteiger charge is -2.33. The van der Waals surface area contributed by atoms with E-state index in [4.69, 9.17) is 5.73 Å². The van der Waals surface area contributed by atoms with Crippen LogP contribution in [0.1, 0.15) is 12.8 Å². The first-order valence-electron chi connectivity index (χ1n) is 5.36. The van der Waals surface area contributed by atoms with E-state index in [1.54, 1.807) is 0 Å². The molecule has 0 radical (unpaired) electrons. The highest BCUT2D eigenvalue weighted by Gasteiger charge is 2.45. The standard InChI is InChI=1S/C9H17F3N2O2S/c1-14(7-3-5-17(15,16)6-7)8(2-4-13)9(10,11)12/h7-8H,2-6,13H2,1H3. The molecule has 0 aromatic heterocycles. The molecule has 102 valence electrons. The lowest BCUT2D eigenvalue weighted by molar-refractivity contribution is -0.185. The minimum atomic E-state index is -4.37. The summed E-state index contributed by atoms with van der Waals surface area (Å²) in [7, 11) is -1.86. The first kappa shape index (κ1) is 14.7. The van der Waals surface area contributed by atoms with Gasteiger partial charge in [-0.2, -0.15) is 13.2 Å². The first-order chi connectivity index (χ1) is 7.67. The Hall–Kier alpha value is -0.340. The fourth-order valence-corrected chi connectivity index (χ4v) is 3.89. The van der Waals surface area contributed by atoms with E-state index in [1.165, 1.54) is 7.05 Å². The van der Waals surface area contributed by atoms with Gasteiger partial charge in [0.25, 0.3) is 0 Å². The van der Waals surface area contributed by atoms with Crippen molar-refractivity contribution in [3.8, 4) is 0 Å². The van der Waals surface area contributed by atoms with Crippen LogP contribution in [0.3, 0.4) is 0 Å². The number of sulfone groups is 1. The summed E-state index contributed by atoms with van der Waals surface area (Å²) in [6.07, 6.45) is -4.33. The zero-order valence-corrected chi connectivity index (χ0v) is 10.4. The second-order valence-electron chi connectivity index (χ2n) is 4.36. The highest BCUT2D eigenvalue weighted by Crippen LogP contribution is 2.30. The monoisotopic (exact) mass is 274 g/mol. The maximum absolute atomic E-state index is 12.8. The summed E-state index contributed by atoms with van der Waals surface area (Å²) >= 11 is 0. The molecule has 0 saturated carbocycles. The molecule has 0 aromatic rings. The average molecular weight is 274 g/mol. The van der Waals surface area contributed by atoms with Crippen LogP contribution in [0, 0.1) is 0 Å². The summed E-state index contributed by atoms with van der Waals surface area (Å²) in [6.45, 7) is -0.0754. The quantitative estimate of drug-likeness (QED) is 0.805. The Morgan fingerprint density at radius 1 is 1.47 bits per heavy atom. The van der Waals surface area contributed by atoms with Gasteiger partial charge in [0, 0.05) is 6.04 Å². The van der Waals surface area contributed by atoms with Gasteiger partial charge >= 0.3 is 6.18 Å². The molecule has 1 saturated heterocycles. The normalized spacial score (nSPS) is 26.4. The van der Waals surface area contributed by atoms with Gasteiger partial charge < -0.3 is 5.73 Å². The topological polar surface area (TPSA) is 63.4 Å². The maximum atomic E-state index is 12.8. The Kier molecular flexibility index (Phi) is 4.43. The number of halogens is 3. The molecule has 0 bridgehead atoms. The number of hydrogen-bond acceptors (Lipinski definition) is 4. The summed E-state index contributed by atoms with van der Waals surface area (Å²) in [4.78, 5) is 1.11. The number of alkyl halides is 3. The predicted octanol–water partition coefficient (Wildman–Crippen LogP) is 0.385. The smallest absolute Gasteiger partial charge is 0.330 e. The van der Waals surface area contributed by atoms with E-state index in [0.717, 1.165) is 4.90 Å². The average Bonchev–Trinajstić information content (AvgIpc) is 2.52. The Morgan fingerprint density at radius 2 is 2.06 bits per heavy atom. The van der Waals surface area contributed by atoms with Crippen LogP contribution in [0.2, 0.25) is 0 Å². The van der Waals surface area contributed by atoms with Crippen molar-refractivity contribution in [3.63, 3.8) is 0 Å². The third kappa shape index (κ3) is 3.82. The van der Waals surface area contributed by atoms with E-state index in [2.05, 4.69) is 0 Å². The van der Waals surface area contributed by atoms with Gasteiger partial charge in [-0.15, -0.1) is 0 Å². The summed E-state index contributed by atoms with van der Waals surface area (Å²) in [5, 5.41) is 0. The molecule has 0 spiro atoms. The summed E-state index contributed by atoms with van der Waals surface area (Å²) < 4.78 is 60.8. The van der Waals surface area contributed by atoms with Crippen LogP contribution in [0.5, 0.6) is 0 Å². The van der Waals surface area contributed by atoms with Crippen LogP contribution in [-0.2, 0) is 9.84 Å². The van der Waals surface area contributed by atoms with Gasteiger partial charge in [0.1, 0.15) is 6.04 Å². The van der Waals surface area contributed by atoms with Gasteiger partial charge in [-0.05, 0) is 26.4 Å². The van der Waals surface area contributed by atoms with E-state index in [0.29, 0.717) is 0 Å². The largest absolute Gasteiger partial charge is 0.404 e. The lowest BCUT2D eigenvalue weighted by Crippen LogP contribution is -2.49. The molecule has 1 fully saturated rings. The number of nitrogens with two attached hydrogens (primary N) is 1. The zero-order valence-electron chi connectivity index (χ0n) is 9.57. The molecule has 2 N–H and O–H groups in total. The lowest BCUT2D eigenvalue weighted by atomic mass is 10.1. The fraction of sp³-hybridized carbons (Fsp3) is 1.00. The fourth-order valence-electron chi connectivity index (χ4n) is 2.11. The van der Waals surface area contributed by atoms with Crippen molar-refractivity contribution in [1.82, 2.24) is 4.90 Å². The molecule has 4 nitrogen and oxygen atoms in total. The highest BCUT2D eigenvalue weighted by atomic mass is 32.2. The van der Waals surface area contributed by atoms with E-state index in [1.807, 2.05) is 0 Å². The van der Waals surface area contributed by atoms with E-state index in [-0.39, 0.29) is 30.9 Å². The molecule has 1 aliphatic heterocycles. The summed E-state index contributed by atoms with van der Waals surface area (Å²) in [5.41, 5.74) is 5.17. The van der Waals surface area contributed by atoms with Crippen molar-refractivity contribution < 1.29 is 21.6 Å². The minimum absolute atomic E-state index is 0.0325. The minimum Gasteiger partial charge on any atom is -0.330 e. The van der Waals surface area contributed by atoms with Crippen molar-refractivity contribution >= 4 is 9.84 Å². The van der Waals surface area contributed by atoms with Crippen LogP contribution < -0.4 is 5.73 Å². The summed E-state index contributed by atoms with van der Waals surface area (Å²) in [5.74, 6) is -0.226. The molecule has 0 aromatic carbocycles. The number of rotatable bonds is 4. The Labute approximate surface area is 98.9 Å². The van der Waals surface area contributed by atoms with Gasteiger partial charge in [-0.25, -0.2) is 8.42 Å². The highest BCUT2D eigenvalue weighted by molar-refractivity contribution is 7.91. The molecule has 0 amide bonds. The predicted molar refractivity (Wildman–Crippen MR) is 58.3 cm³/mol. The van der Waals surface area contributed by atoms with Crippen molar-refractivity contribution in [2.24, 2.45) is 5.73 Å². The van der Waals surface area contributed by atoms with Crippen LogP contribution >= 0.6 is 0 Å². The number of nitrogens with zero attached hydrogens (tertiary/aromatic N) is 1. The van der Waals surface area contributed by atoms with Crippen molar-refractivity contribution in [2.75, 3.05) is 25.1 Å². The maximum Gasteiger partial charge on any atom is 0.404 e. The number of hydrogen-bond donors (Lipinski definition) is 1. The van der Waals surface area contributed by atoms with Crippen molar-refractivity contribution in [1.29, 1.82) is 0 Å². The molecular weight excluding hydrogens is 257 g/mol. The Balaban J connectivity index is 2.76. The van der Waals surface area contributed by atoms with Crippen LogP contribution in [0.15, 0.2) is 0 Å². The van der Waals surface area contributed by atoms with E-state index in [9.17, 15) is 21.6 Å². The van der Waals surface area contributed by atoms with Gasteiger partial charge in [0.15, 0.2) is 9.84 Å².